The molecule has 0 aliphatic carbocycles. The third-order valence-corrected chi connectivity index (χ3v) is 4.27. The molecule has 1 fully saturated rings. The van der Waals surface area contributed by atoms with E-state index in [1.165, 1.54) is 4.90 Å². The van der Waals surface area contributed by atoms with Crippen LogP contribution < -0.4 is 0 Å². The zero-order valence-corrected chi connectivity index (χ0v) is 11.4. The van der Waals surface area contributed by atoms with Crippen LogP contribution >= 0.6 is 11.3 Å². The van der Waals surface area contributed by atoms with Gasteiger partial charge in [-0.2, -0.15) is 0 Å². The van der Waals surface area contributed by atoms with E-state index >= 15 is 0 Å². The minimum absolute atomic E-state index is 0.0434. The van der Waals surface area contributed by atoms with E-state index < -0.39 is 12.0 Å². The Morgan fingerprint density at radius 2 is 2.20 bits per heavy atom. The van der Waals surface area contributed by atoms with E-state index in [0.29, 0.717) is 18.7 Å². The Labute approximate surface area is 119 Å². The number of carbonyl (C=O) groups excluding carboxylic acids is 1. The highest BCUT2D eigenvalue weighted by molar-refractivity contribution is 7.17. The van der Waals surface area contributed by atoms with Gasteiger partial charge in [-0.05, 0) is 35.0 Å². The maximum absolute atomic E-state index is 12.5. The lowest BCUT2D eigenvalue weighted by atomic mass is 10.1. The van der Waals surface area contributed by atoms with Crippen molar-refractivity contribution in [2.24, 2.45) is 0 Å². The molecule has 1 unspecified atom stereocenters. The fraction of sp³-hybridized carbons (Fsp3) is 0.286. The van der Waals surface area contributed by atoms with Gasteiger partial charge in [-0.1, -0.05) is 0 Å². The number of morpholine rings is 1. The Bertz CT molecular complexity index is 666. The molecule has 0 bridgehead atoms. The maximum atomic E-state index is 12.5. The Hall–Kier alpha value is -1.92. The lowest BCUT2D eigenvalue weighted by molar-refractivity contribution is -0.147. The molecule has 1 amide bonds. The van der Waals surface area contributed by atoms with E-state index in [4.69, 9.17) is 4.74 Å². The smallest absolute Gasteiger partial charge is 0.328 e. The lowest BCUT2D eigenvalue weighted by Crippen LogP contribution is -2.52. The summed E-state index contributed by atoms with van der Waals surface area (Å²) in [6.45, 7) is 0.718. The summed E-state index contributed by atoms with van der Waals surface area (Å²) in [5.41, 5.74) is 0.518. The second kappa shape index (κ2) is 5.22. The topological polar surface area (TPSA) is 66.8 Å². The molecule has 1 aromatic heterocycles. The Balaban J connectivity index is 1.91. The van der Waals surface area contributed by atoms with Gasteiger partial charge in [0, 0.05) is 16.8 Å². The second-order valence-corrected chi connectivity index (χ2v) is 5.55. The van der Waals surface area contributed by atoms with Crippen molar-refractivity contribution < 1.29 is 19.4 Å². The van der Waals surface area contributed by atoms with Crippen LogP contribution in [0.25, 0.3) is 10.1 Å². The van der Waals surface area contributed by atoms with Crippen LogP contribution in [0.15, 0.2) is 29.6 Å². The van der Waals surface area contributed by atoms with Gasteiger partial charge in [-0.3, -0.25) is 4.79 Å². The quantitative estimate of drug-likeness (QED) is 0.916. The van der Waals surface area contributed by atoms with Crippen molar-refractivity contribution in [2.75, 3.05) is 19.8 Å². The summed E-state index contributed by atoms with van der Waals surface area (Å²) < 4.78 is 6.25. The summed E-state index contributed by atoms with van der Waals surface area (Å²) in [7, 11) is 0. The molecule has 1 saturated heterocycles. The van der Waals surface area contributed by atoms with Crippen molar-refractivity contribution in [2.45, 2.75) is 6.04 Å². The molecule has 0 spiro atoms. The number of fused-ring (bicyclic) bond motifs is 1. The van der Waals surface area contributed by atoms with E-state index in [2.05, 4.69) is 0 Å². The van der Waals surface area contributed by atoms with Crippen LogP contribution in [0.1, 0.15) is 10.4 Å². The maximum Gasteiger partial charge on any atom is 0.328 e. The molecule has 1 aliphatic heterocycles. The second-order valence-electron chi connectivity index (χ2n) is 4.60. The molecule has 104 valence electrons. The van der Waals surface area contributed by atoms with Crippen LogP contribution in [0.4, 0.5) is 0 Å². The number of rotatable bonds is 2. The zero-order chi connectivity index (χ0) is 14.1. The number of amides is 1. The standard InChI is InChI=1S/C14H13NO4S/c16-13(15-4-5-19-8-11(15)14(17)18)10-1-2-12-9(7-10)3-6-20-12/h1-3,6-7,11H,4-5,8H2,(H,17,18). The van der Waals surface area contributed by atoms with Crippen molar-refractivity contribution in [1.29, 1.82) is 0 Å². The average molecular weight is 291 g/mol. The molecule has 1 atom stereocenters. The summed E-state index contributed by atoms with van der Waals surface area (Å²) >= 11 is 1.61. The predicted molar refractivity (Wildman–Crippen MR) is 75.1 cm³/mol. The number of carbonyl (C=O) groups is 2. The number of aliphatic carboxylic acids is 1. The molecule has 1 aliphatic rings. The van der Waals surface area contributed by atoms with Gasteiger partial charge in [0.05, 0.1) is 13.2 Å². The molecule has 5 nitrogen and oxygen atoms in total. The highest BCUT2D eigenvalue weighted by Gasteiger charge is 2.33. The first kappa shape index (κ1) is 13.1. The number of nitrogens with zero attached hydrogens (tertiary/aromatic N) is 1. The number of carboxylic acid groups (broad SMARTS) is 1. The van der Waals surface area contributed by atoms with Crippen LogP contribution in [-0.2, 0) is 9.53 Å². The van der Waals surface area contributed by atoms with Crippen molar-refractivity contribution in [1.82, 2.24) is 4.90 Å². The van der Waals surface area contributed by atoms with E-state index in [0.717, 1.165) is 10.1 Å². The summed E-state index contributed by atoms with van der Waals surface area (Å²) in [4.78, 5) is 25.1. The van der Waals surface area contributed by atoms with Crippen molar-refractivity contribution in [3.8, 4) is 0 Å². The van der Waals surface area contributed by atoms with Crippen LogP contribution in [0.3, 0.4) is 0 Å². The lowest BCUT2D eigenvalue weighted by Gasteiger charge is -2.32. The third kappa shape index (κ3) is 2.28. The average Bonchev–Trinajstić information content (AvgIpc) is 2.93. The van der Waals surface area contributed by atoms with Gasteiger partial charge in [0.1, 0.15) is 0 Å². The van der Waals surface area contributed by atoms with Gasteiger partial charge < -0.3 is 14.7 Å². The predicted octanol–water partition coefficient (Wildman–Crippen LogP) is 1.83. The van der Waals surface area contributed by atoms with Crippen LogP contribution in [0, 0.1) is 0 Å². The number of ether oxygens (including phenoxy) is 1. The van der Waals surface area contributed by atoms with Gasteiger partial charge in [-0.15, -0.1) is 11.3 Å². The van der Waals surface area contributed by atoms with E-state index in [1.807, 2.05) is 23.6 Å². The minimum Gasteiger partial charge on any atom is -0.480 e. The molecule has 0 saturated carbocycles. The highest BCUT2D eigenvalue weighted by atomic mass is 32.1. The summed E-state index contributed by atoms with van der Waals surface area (Å²) in [5.74, 6) is -1.29. The van der Waals surface area contributed by atoms with Gasteiger partial charge in [-0.25, -0.2) is 4.79 Å². The fourth-order valence-corrected chi connectivity index (χ4v) is 3.09. The molecular weight excluding hydrogens is 278 g/mol. The number of carboxylic acids is 1. The first-order valence-corrected chi connectivity index (χ1v) is 7.13. The largest absolute Gasteiger partial charge is 0.480 e. The monoisotopic (exact) mass is 291 g/mol. The van der Waals surface area contributed by atoms with Crippen molar-refractivity contribution in [3.63, 3.8) is 0 Å². The minimum atomic E-state index is -1.03. The molecule has 1 aromatic carbocycles. The molecule has 0 radical (unpaired) electrons. The number of benzene rings is 1. The van der Waals surface area contributed by atoms with Gasteiger partial charge >= 0.3 is 5.97 Å². The Kier molecular flexibility index (Phi) is 3.42. The molecule has 3 rings (SSSR count). The van der Waals surface area contributed by atoms with Gasteiger partial charge in [0.25, 0.3) is 5.91 Å². The Morgan fingerprint density at radius 1 is 1.35 bits per heavy atom. The molecule has 1 N–H and O–H groups in total. The van der Waals surface area contributed by atoms with E-state index in [-0.39, 0.29) is 12.5 Å². The molecular formula is C14H13NO4S. The first-order valence-electron chi connectivity index (χ1n) is 6.25. The van der Waals surface area contributed by atoms with E-state index in [9.17, 15) is 14.7 Å². The number of hydrogen-bond donors (Lipinski definition) is 1. The summed E-state index contributed by atoms with van der Waals surface area (Å²) in [6.07, 6.45) is 0. The number of hydrogen-bond acceptors (Lipinski definition) is 4. The molecule has 2 heterocycles. The highest BCUT2D eigenvalue weighted by Crippen LogP contribution is 2.23. The molecule has 2 aromatic rings. The van der Waals surface area contributed by atoms with E-state index in [1.54, 1.807) is 17.4 Å². The zero-order valence-electron chi connectivity index (χ0n) is 10.6. The van der Waals surface area contributed by atoms with Gasteiger partial charge in [0.2, 0.25) is 0 Å². The summed E-state index contributed by atoms with van der Waals surface area (Å²) in [6, 6.07) is 6.49. The van der Waals surface area contributed by atoms with Gasteiger partial charge in [0.15, 0.2) is 6.04 Å². The number of thiophene rings is 1. The van der Waals surface area contributed by atoms with Crippen molar-refractivity contribution in [3.05, 3.63) is 35.2 Å². The molecule has 20 heavy (non-hydrogen) atoms. The van der Waals surface area contributed by atoms with Crippen LogP contribution in [-0.4, -0.2) is 47.7 Å². The first-order chi connectivity index (χ1) is 9.66. The summed E-state index contributed by atoms with van der Waals surface area (Å²) in [5, 5.41) is 12.1. The van der Waals surface area contributed by atoms with Crippen LogP contribution in [0.5, 0.6) is 0 Å². The van der Waals surface area contributed by atoms with Crippen LogP contribution in [0.2, 0.25) is 0 Å². The fourth-order valence-electron chi connectivity index (χ4n) is 2.32. The van der Waals surface area contributed by atoms with Crippen molar-refractivity contribution >= 4 is 33.3 Å². The third-order valence-electron chi connectivity index (χ3n) is 3.37. The normalized spacial score (nSPS) is 19.2. The Morgan fingerprint density at radius 3 is 3.00 bits per heavy atom. The SMILES string of the molecule is O=C(O)C1COCCN1C(=O)c1ccc2sccc2c1. The molecule has 6 heteroatoms.